The van der Waals surface area contributed by atoms with Crippen molar-refractivity contribution in [3.63, 3.8) is 0 Å². The van der Waals surface area contributed by atoms with E-state index in [0.717, 1.165) is 34.1 Å². The largest absolute Gasteiger partial charge is 0.350 e. The highest BCUT2D eigenvalue weighted by Gasteiger charge is 2.29. The summed E-state index contributed by atoms with van der Waals surface area (Å²) in [5.74, 6) is 1.05. The van der Waals surface area contributed by atoms with Crippen molar-refractivity contribution < 1.29 is 4.79 Å². The zero-order chi connectivity index (χ0) is 19.0. The van der Waals surface area contributed by atoms with Crippen LogP contribution in [0.1, 0.15) is 39.1 Å². The van der Waals surface area contributed by atoms with Gasteiger partial charge in [-0.05, 0) is 44.0 Å². The van der Waals surface area contributed by atoms with Crippen LogP contribution in [0.5, 0.6) is 0 Å². The lowest BCUT2D eigenvalue weighted by atomic mass is 9.95. The Labute approximate surface area is 161 Å². The quantitative estimate of drug-likeness (QED) is 0.700. The van der Waals surface area contributed by atoms with Crippen LogP contribution in [-0.4, -0.2) is 38.2 Å². The summed E-state index contributed by atoms with van der Waals surface area (Å²) < 4.78 is 3.10. The van der Waals surface area contributed by atoms with Crippen molar-refractivity contribution >= 4 is 17.2 Å². The second-order valence-electron chi connectivity index (χ2n) is 6.91. The third-order valence-electron chi connectivity index (χ3n) is 5.06. The van der Waals surface area contributed by atoms with Gasteiger partial charge in [-0.25, -0.2) is 14.0 Å². The van der Waals surface area contributed by atoms with Gasteiger partial charge in [0.25, 0.3) is 5.91 Å². The summed E-state index contributed by atoms with van der Waals surface area (Å²) in [6.07, 6.45) is 1.61. The number of amides is 1. The van der Waals surface area contributed by atoms with Gasteiger partial charge in [0, 0.05) is 30.9 Å². The first-order valence-electron chi connectivity index (χ1n) is 9.11. The first-order valence-corrected chi connectivity index (χ1v) is 9.93. The number of hydrogen-bond donors (Lipinski definition) is 0. The highest BCUT2D eigenvalue weighted by atomic mass is 32.1. The summed E-state index contributed by atoms with van der Waals surface area (Å²) in [4.78, 5) is 29.1. The topological polar surface area (TPSA) is 60.1 Å². The zero-order valence-corrected chi connectivity index (χ0v) is 16.3. The number of nitrogens with zero attached hydrogens (tertiary/aromatic N) is 4. The SMILES string of the molecule is Cc1ccc(C(=O)N2CCC(c3nn(C)c(=O)n3-c3ccccc3)CC2)s1. The molecule has 1 aliphatic rings. The maximum atomic E-state index is 12.7. The van der Waals surface area contributed by atoms with Crippen LogP contribution < -0.4 is 5.69 Å². The fourth-order valence-electron chi connectivity index (χ4n) is 3.61. The summed E-state index contributed by atoms with van der Waals surface area (Å²) in [5.41, 5.74) is 0.696. The van der Waals surface area contributed by atoms with Gasteiger partial charge < -0.3 is 4.90 Å². The summed E-state index contributed by atoms with van der Waals surface area (Å²) in [5, 5.41) is 4.51. The van der Waals surface area contributed by atoms with Crippen molar-refractivity contribution in [2.45, 2.75) is 25.7 Å². The van der Waals surface area contributed by atoms with Crippen molar-refractivity contribution in [2.24, 2.45) is 7.05 Å². The average molecular weight is 382 g/mol. The van der Waals surface area contributed by atoms with Gasteiger partial charge in [-0.3, -0.25) is 4.79 Å². The van der Waals surface area contributed by atoms with Crippen LogP contribution in [-0.2, 0) is 7.05 Å². The lowest BCUT2D eigenvalue weighted by Gasteiger charge is -2.31. The van der Waals surface area contributed by atoms with Gasteiger partial charge in [0.1, 0.15) is 5.82 Å². The number of hydrogen-bond acceptors (Lipinski definition) is 4. The van der Waals surface area contributed by atoms with E-state index in [2.05, 4.69) is 5.10 Å². The number of benzene rings is 1. The van der Waals surface area contributed by atoms with Crippen LogP contribution in [0.4, 0.5) is 0 Å². The molecule has 0 spiro atoms. The molecule has 0 aliphatic carbocycles. The molecule has 1 aliphatic heterocycles. The molecule has 27 heavy (non-hydrogen) atoms. The molecule has 0 N–H and O–H groups in total. The minimum absolute atomic E-state index is 0.105. The van der Waals surface area contributed by atoms with E-state index in [9.17, 15) is 9.59 Å². The number of thiophene rings is 1. The predicted molar refractivity (Wildman–Crippen MR) is 106 cm³/mol. The minimum Gasteiger partial charge on any atom is -0.338 e. The van der Waals surface area contributed by atoms with Crippen LogP contribution in [0, 0.1) is 6.92 Å². The molecule has 1 saturated heterocycles. The van der Waals surface area contributed by atoms with Crippen molar-refractivity contribution in [1.29, 1.82) is 0 Å². The van der Waals surface area contributed by atoms with E-state index in [0.29, 0.717) is 13.1 Å². The van der Waals surface area contributed by atoms with E-state index in [1.54, 1.807) is 11.6 Å². The lowest BCUT2D eigenvalue weighted by molar-refractivity contribution is 0.0715. The van der Waals surface area contributed by atoms with E-state index < -0.39 is 0 Å². The monoisotopic (exact) mass is 382 g/mol. The van der Waals surface area contributed by atoms with E-state index in [1.165, 1.54) is 16.0 Å². The number of carbonyl (C=O) groups is 1. The van der Waals surface area contributed by atoms with Crippen LogP contribution in [0.2, 0.25) is 0 Å². The molecule has 0 radical (unpaired) electrons. The molecule has 1 fully saturated rings. The maximum Gasteiger partial charge on any atom is 0.350 e. The molecule has 0 saturated carbocycles. The van der Waals surface area contributed by atoms with Gasteiger partial charge >= 0.3 is 5.69 Å². The van der Waals surface area contributed by atoms with Gasteiger partial charge in [-0.15, -0.1) is 11.3 Å². The maximum absolute atomic E-state index is 12.7. The van der Waals surface area contributed by atoms with Gasteiger partial charge in [0.15, 0.2) is 0 Å². The van der Waals surface area contributed by atoms with Gasteiger partial charge in [-0.1, -0.05) is 18.2 Å². The van der Waals surface area contributed by atoms with Crippen LogP contribution in [0.3, 0.4) is 0 Å². The molecule has 0 unspecified atom stereocenters. The number of carbonyl (C=O) groups excluding carboxylic acids is 1. The molecule has 3 heterocycles. The number of likely N-dealkylation sites (tertiary alicyclic amines) is 1. The second kappa shape index (κ2) is 7.15. The Morgan fingerprint density at radius 3 is 2.44 bits per heavy atom. The highest BCUT2D eigenvalue weighted by molar-refractivity contribution is 7.13. The average Bonchev–Trinajstić information content (AvgIpc) is 3.26. The molecule has 6 nitrogen and oxygen atoms in total. The molecule has 140 valence electrons. The van der Waals surface area contributed by atoms with Crippen molar-refractivity contribution in [2.75, 3.05) is 13.1 Å². The van der Waals surface area contributed by atoms with Gasteiger partial charge in [0.05, 0.1) is 10.6 Å². The number of aryl methyl sites for hydroxylation is 2. The smallest absolute Gasteiger partial charge is 0.338 e. The molecule has 1 amide bonds. The van der Waals surface area contributed by atoms with E-state index in [4.69, 9.17) is 0 Å². The van der Waals surface area contributed by atoms with Crippen molar-refractivity contribution in [3.8, 4) is 5.69 Å². The van der Waals surface area contributed by atoms with E-state index in [-0.39, 0.29) is 17.5 Å². The van der Waals surface area contributed by atoms with Crippen molar-refractivity contribution in [3.05, 3.63) is 68.5 Å². The lowest BCUT2D eigenvalue weighted by Crippen LogP contribution is -2.38. The molecular weight excluding hydrogens is 360 g/mol. The number of piperidine rings is 1. The Balaban J connectivity index is 1.55. The first kappa shape index (κ1) is 17.7. The molecule has 3 aromatic rings. The Kier molecular flexibility index (Phi) is 4.70. The van der Waals surface area contributed by atoms with E-state index >= 15 is 0 Å². The number of aromatic nitrogens is 3. The number of rotatable bonds is 3. The Bertz CT molecular complexity index is 1010. The zero-order valence-electron chi connectivity index (χ0n) is 15.5. The van der Waals surface area contributed by atoms with E-state index in [1.807, 2.05) is 54.3 Å². The van der Waals surface area contributed by atoms with Crippen LogP contribution in [0.25, 0.3) is 5.69 Å². The highest BCUT2D eigenvalue weighted by Crippen LogP contribution is 2.29. The normalized spacial score (nSPS) is 15.3. The third kappa shape index (κ3) is 3.35. The standard InChI is InChI=1S/C20H22N4O2S/c1-14-8-9-17(27-14)19(25)23-12-10-15(11-13-23)18-21-22(2)20(26)24(18)16-6-4-3-5-7-16/h3-9,15H,10-13H2,1-2H3. The second-order valence-corrected chi connectivity index (χ2v) is 8.20. The predicted octanol–water partition coefficient (Wildman–Crippen LogP) is 2.96. The van der Waals surface area contributed by atoms with Crippen molar-refractivity contribution in [1.82, 2.24) is 19.2 Å². The number of para-hydroxylation sites is 1. The van der Waals surface area contributed by atoms with Crippen LogP contribution >= 0.6 is 11.3 Å². The summed E-state index contributed by atoms with van der Waals surface area (Å²) in [7, 11) is 1.68. The molecular formula is C20H22N4O2S. The molecule has 2 aromatic heterocycles. The third-order valence-corrected chi connectivity index (χ3v) is 6.05. The summed E-state index contributed by atoms with van der Waals surface area (Å²) in [6.45, 7) is 3.37. The fourth-order valence-corrected chi connectivity index (χ4v) is 4.45. The Morgan fingerprint density at radius 1 is 1.11 bits per heavy atom. The Hall–Kier alpha value is -2.67. The summed E-state index contributed by atoms with van der Waals surface area (Å²) >= 11 is 1.54. The first-order chi connectivity index (χ1) is 13.0. The molecule has 0 bridgehead atoms. The minimum atomic E-state index is -0.135. The fraction of sp³-hybridized carbons (Fsp3) is 0.350. The molecule has 7 heteroatoms. The van der Waals surface area contributed by atoms with Crippen LogP contribution in [0.15, 0.2) is 47.3 Å². The molecule has 4 rings (SSSR count). The molecule has 0 atom stereocenters. The van der Waals surface area contributed by atoms with Gasteiger partial charge in [-0.2, -0.15) is 5.10 Å². The Morgan fingerprint density at radius 2 is 1.81 bits per heavy atom. The molecule has 1 aromatic carbocycles. The summed E-state index contributed by atoms with van der Waals surface area (Å²) in [6, 6.07) is 13.5. The van der Waals surface area contributed by atoms with Gasteiger partial charge in [0.2, 0.25) is 0 Å².